The molecule has 0 radical (unpaired) electrons. The summed E-state index contributed by atoms with van der Waals surface area (Å²) in [4.78, 5) is 8.70. The molecule has 3 aromatic rings. The fraction of sp³-hybridized carbons (Fsp3) is 0.500. The van der Waals surface area contributed by atoms with Crippen LogP contribution in [0.4, 0.5) is 5.82 Å². The molecule has 0 aliphatic carbocycles. The van der Waals surface area contributed by atoms with E-state index in [0.29, 0.717) is 11.5 Å². The summed E-state index contributed by atoms with van der Waals surface area (Å²) in [5.41, 5.74) is 1.31. The van der Waals surface area contributed by atoms with Crippen LogP contribution in [-0.2, 0) is 6.54 Å². The van der Waals surface area contributed by atoms with Gasteiger partial charge in [0.2, 0.25) is 0 Å². The summed E-state index contributed by atoms with van der Waals surface area (Å²) in [6.45, 7) is 9.40. The normalized spacial score (nSPS) is 11.3. The van der Waals surface area contributed by atoms with Gasteiger partial charge in [-0.05, 0) is 27.7 Å². The van der Waals surface area contributed by atoms with Crippen molar-refractivity contribution in [3.63, 3.8) is 0 Å². The van der Waals surface area contributed by atoms with E-state index in [1.54, 1.807) is 11.8 Å². The van der Waals surface area contributed by atoms with Crippen LogP contribution >= 0.6 is 11.8 Å². The van der Waals surface area contributed by atoms with Crippen molar-refractivity contribution >= 4 is 28.7 Å². The molecule has 3 aromatic heterocycles. The van der Waals surface area contributed by atoms with Gasteiger partial charge < -0.3 is 14.4 Å². The van der Waals surface area contributed by atoms with E-state index < -0.39 is 0 Å². The number of nitrogens with one attached hydrogen (secondary N) is 1. The maximum atomic E-state index is 5.21. The Morgan fingerprint density at radius 1 is 1.17 bits per heavy atom. The van der Waals surface area contributed by atoms with Gasteiger partial charge in [-0.1, -0.05) is 16.9 Å². The molecule has 0 aliphatic heterocycles. The molecular formula is C14H19N7OS. The Kier molecular flexibility index (Phi) is 4.46. The van der Waals surface area contributed by atoms with Gasteiger partial charge in [-0.15, -0.1) is 10.2 Å². The summed E-state index contributed by atoms with van der Waals surface area (Å²) in [6.07, 6.45) is 0. The summed E-state index contributed by atoms with van der Waals surface area (Å²) in [6, 6.07) is 0. The first-order valence-electron chi connectivity index (χ1n) is 7.47. The summed E-state index contributed by atoms with van der Waals surface area (Å²) in [7, 11) is 0. The number of aryl methyl sites for hydroxylation is 3. The first kappa shape index (κ1) is 15.7. The van der Waals surface area contributed by atoms with E-state index >= 15 is 0 Å². The van der Waals surface area contributed by atoms with Crippen molar-refractivity contribution < 1.29 is 4.52 Å². The lowest BCUT2D eigenvalue weighted by Gasteiger charge is -2.08. The summed E-state index contributed by atoms with van der Waals surface area (Å²) in [5.74, 6) is 3.22. The Hall–Kier alpha value is -2.16. The van der Waals surface area contributed by atoms with E-state index in [2.05, 4.69) is 42.1 Å². The van der Waals surface area contributed by atoms with Gasteiger partial charge in [-0.25, -0.2) is 4.98 Å². The van der Waals surface area contributed by atoms with E-state index in [9.17, 15) is 0 Å². The third kappa shape index (κ3) is 3.14. The quantitative estimate of drug-likeness (QED) is 0.542. The van der Waals surface area contributed by atoms with Crippen LogP contribution in [0, 0.1) is 20.8 Å². The Bertz CT molecular complexity index is 826. The van der Waals surface area contributed by atoms with Crippen molar-refractivity contribution in [2.24, 2.45) is 0 Å². The highest BCUT2D eigenvalue weighted by atomic mass is 32.2. The minimum absolute atomic E-state index is 0.520. The number of nitrogens with zero attached hydrogens (tertiary/aromatic N) is 6. The lowest BCUT2D eigenvalue weighted by molar-refractivity contribution is 0.442. The molecule has 1 N–H and O–H groups in total. The number of hydrogen-bond donors (Lipinski definition) is 1. The number of fused-ring (bicyclic) bond motifs is 1. The average Bonchev–Trinajstić information content (AvgIpc) is 3.06. The molecule has 0 unspecified atom stereocenters. The van der Waals surface area contributed by atoms with Crippen LogP contribution in [0.15, 0.2) is 9.68 Å². The monoisotopic (exact) mass is 333 g/mol. The number of hydrogen-bond acceptors (Lipinski definition) is 8. The fourth-order valence-electron chi connectivity index (χ4n) is 2.37. The van der Waals surface area contributed by atoms with Crippen molar-refractivity contribution in [3.8, 4) is 0 Å². The van der Waals surface area contributed by atoms with Gasteiger partial charge >= 0.3 is 0 Å². The topological polar surface area (TPSA) is 94.6 Å². The zero-order valence-electron chi connectivity index (χ0n) is 13.6. The lowest BCUT2D eigenvalue weighted by atomic mass is 10.3. The molecule has 3 heterocycles. The van der Waals surface area contributed by atoms with Crippen LogP contribution in [0.25, 0.3) is 11.1 Å². The van der Waals surface area contributed by atoms with E-state index in [-0.39, 0.29) is 0 Å². The minimum atomic E-state index is 0.520. The Labute approximate surface area is 138 Å². The highest BCUT2D eigenvalue weighted by Gasteiger charge is 2.13. The van der Waals surface area contributed by atoms with Crippen LogP contribution in [0.5, 0.6) is 0 Å². The molecule has 0 fully saturated rings. The molecule has 0 bridgehead atoms. The number of rotatable bonds is 6. The van der Waals surface area contributed by atoms with Crippen LogP contribution in [0.2, 0.25) is 0 Å². The lowest BCUT2D eigenvalue weighted by Crippen LogP contribution is -2.08. The summed E-state index contributed by atoms with van der Waals surface area (Å²) >= 11 is 1.67. The Morgan fingerprint density at radius 3 is 2.78 bits per heavy atom. The van der Waals surface area contributed by atoms with Crippen LogP contribution < -0.4 is 5.32 Å². The highest BCUT2D eigenvalue weighted by Crippen LogP contribution is 2.24. The molecular weight excluding hydrogens is 314 g/mol. The van der Waals surface area contributed by atoms with Crippen molar-refractivity contribution in [2.45, 2.75) is 39.4 Å². The van der Waals surface area contributed by atoms with Gasteiger partial charge in [0.25, 0.3) is 5.71 Å². The minimum Gasteiger partial charge on any atom is -0.368 e. The van der Waals surface area contributed by atoms with Gasteiger partial charge in [0, 0.05) is 18.8 Å². The standard InChI is InChI=1S/C14H19N7OS/c1-5-21-10(4)18-19-14(21)23-7-6-15-12-11-8(2)20-22-13(11)17-9(3)16-12/h5-7H2,1-4H3,(H,15,16,17). The molecule has 8 nitrogen and oxygen atoms in total. The van der Waals surface area contributed by atoms with Gasteiger partial charge in [-0.2, -0.15) is 4.98 Å². The predicted octanol–water partition coefficient (Wildman–Crippen LogP) is 2.36. The smallest absolute Gasteiger partial charge is 0.263 e. The SMILES string of the molecule is CCn1c(C)nnc1SCCNc1nc(C)nc2onc(C)c12. The third-order valence-electron chi connectivity index (χ3n) is 3.46. The molecule has 0 atom stereocenters. The van der Waals surface area contributed by atoms with Gasteiger partial charge in [0.15, 0.2) is 5.16 Å². The Morgan fingerprint density at radius 2 is 2.00 bits per heavy atom. The van der Waals surface area contributed by atoms with Gasteiger partial charge in [-0.3, -0.25) is 0 Å². The zero-order chi connectivity index (χ0) is 16.4. The van der Waals surface area contributed by atoms with E-state index in [1.807, 2.05) is 20.8 Å². The van der Waals surface area contributed by atoms with Crippen molar-refractivity contribution in [2.75, 3.05) is 17.6 Å². The van der Waals surface area contributed by atoms with Crippen LogP contribution in [0.1, 0.15) is 24.3 Å². The molecule has 3 rings (SSSR count). The highest BCUT2D eigenvalue weighted by molar-refractivity contribution is 7.99. The largest absolute Gasteiger partial charge is 0.368 e. The summed E-state index contributed by atoms with van der Waals surface area (Å²) < 4.78 is 7.31. The maximum Gasteiger partial charge on any atom is 0.263 e. The molecule has 0 spiro atoms. The van der Waals surface area contributed by atoms with Crippen LogP contribution in [-0.4, -0.2) is 42.2 Å². The van der Waals surface area contributed by atoms with Gasteiger partial charge in [0.1, 0.15) is 22.9 Å². The zero-order valence-corrected chi connectivity index (χ0v) is 14.4. The predicted molar refractivity (Wildman–Crippen MR) is 88.7 cm³/mol. The van der Waals surface area contributed by atoms with Crippen molar-refractivity contribution in [3.05, 3.63) is 17.3 Å². The molecule has 0 aliphatic rings. The molecule has 0 aromatic carbocycles. The number of anilines is 1. The molecule has 23 heavy (non-hydrogen) atoms. The number of aromatic nitrogens is 6. The second-order valence-electron chi connectivity index (χ2n) is 5.12. The molecule has 0 saturated carbocycles. The van der Waals surface area contributed by atoms with Crippen molar-refractivity contribution in [1.29, 1.82) is 0 Å². The molecule has 0 saturated heterocycles. The molecule has 9 heteroatoms. The average molecular weight is 333 g/mol. The number of thioether (sulfide) groups is 1. The Balaban J connectivity index is 1.66. The van der Waals surface area contributed by atoms with Gasteiger partial charge in [0.05, 0.1) is 5.69 Å². The first-order chi connectivity index (χ1) is 11.1. The maximum absolute atomic E-state index is 5.21. The fourth-order valence-corrected chi connectivity index (χ4v) is 3.27. The van der Waals surface area contributed by atoms with E-state index in [0.717, 1.165) is 46.7 Å². The third-order valence-corrected chi connectivity index (χ3v) is 4.43. The van der Waals surface area contributed by atoms with E-state index in [1.165, 1.54) is 0 Å². The van der Waals surface area contributed by atoms with E-state index in [4.69, 9.17) is 4.52 Å². The molecule has 0 amide bonds. The second kappa shape index (κ2) is 6.53. The first-order valence-corrected chi connectivity index (χ1v) is 8.45. The second-order valence-corrected chi connectivity index (χ2v) is 6.18. The summed E-state index contributed by atoms with van der Waals surface area (Å²) in [5, 5.41) is 17.4. The van der Waals surface area contributed by atoms with Crippen LogP contribution in [0.3, 0.4) is 0 Å². The van der Waals surface area contributed by atoms with Crippen molar-refractivity contribution in [1.82, 2.24) is 29.9 Å². The molecule has 122 valence electrons.